The number of anilines is 1. The van der Waals surface area contributed by atoms with Crippen molar-refractivity contribution in [3.8, 4) is 0 Å². The Bertz CT molecular complexity index is 1020. The lowest BCUT2D eigenvalue weighted by atomic mass is 9.75. The fraction of sp³-hybridized carbons (Fsp3) is 0.423. The van der Waals surface area contributed by atoms with E-state index in [-0.39, 0.29) is 17.6 Å². The second-order valence-electron chi connectivity index (χ2n) is 9.31. The van der Waals surface area contributed by atoms with Gasteiger partial charge in [-0.25, -0.2) is 9.69 Å². The molecule has 2 aromatic rings. The summed E-state index contributed by atoms with van der Waals surface area (Å²) in [5.74, 6) is 0.0914. The van der Waals surface area contributed by atoms with Crippen molar-refractivity contribution in [1.29, 1.82) is 0 Å². The quantitative estimate of drug-likeness (QED) is 0.491. The van der Waals surface area contributed by atoms with Crippen molar-refractivity contribution in [3.63, 3.8) is 0 Å². The second kappa shape index (κ2) is 8.29. The predicted octanol–water partition coefficient (Wildman–Crippen LogP) is 5.41. The Balaban J connectivity index is 1.57. The summed E-state index contributed by atoms with van der Waals surface area (Å²) in [5.41, 5.74) is 2.44. The zero-order valence-electron chi connectivity index (χ0n) is 18.6. The number of esters is 1. The van der Waals surface area contributed by atoms with Gasteiger partial charge in [-0.3, -0.25) is 9.59 Å². The number of hydrogen-bond donors (Lipinski definition) is 0. The maximum atomic E-state index is 13.0. The van der Waals surface area contributed by atoms with Gasteiger partial charge in [0.25, 0.3) is 11.8 Å². The van der Waals surface area contributed by atoms with Crippen LogP contribution in [0.25, 0.3) is 0 Å². The van der Waals surface area contributed by atoms with Crippen LogP contribution in [-0.2, 0) is 4.74 Å². The van der Waals surface area contributed by atoms with Crippen molar-refractivity contribution in [2.75, 3.05) is 4.90 Å². The highest BCUT2D eigenvalue weighted by atomic mass is 16.5. The summed E-state index contributed by atoms with van der Waals surface area (Å²) >= 11 is 0. The normalized spacial score (nSPS) is 23.3. The van der Waals surface area contributed by atoms with Crippen LogP contribution >= 0.6 is 0 Å². The van der Waals surface area contributed by atoms with E-state index in [1.54, 1.807) is 24.3 Å². The molecule has 2 amide bonds. The van der Waals surface area contributed by atoms with Crippen LogP contribution in [0.4, 0.5) is 5.69 Å². The van der Waals surface area contributed by atoms with Crippen molar-refractivity contribution in [3.05, 3.63) is 64.7 Å². The van der Waals surface area contributed by atoms with E-state index >= 15 is 0 Å². The third-order valence-corrected chi connectivity index (χ3v) is 6.63. The first-order valence-electron chi connectivity index (χ1n) is 11.1. The first-order valence-corrected chi connectivity index (χ1v) is 11.1. The van der Waals surface area contributed by atoms with Gasteiger partial charge in [-0.1, -0.05) is 44.9 Å². The number of ether oxygens (including phenoxy) is 1. The average Bonchev–Trinajstić information content (AvgIpc) is 2.98. The standard InChI is InChI=1S/C26H29NO4/c1-15(2)20-11-7-17(4)13-23(20)31-26(30)18-8-12-21-22(14-18)25(29)27(24(21)28)19-9-5-16(3)6-10-19/h5-6,8-10,12,14-15,17,20,23H,7,11,13H2,1-4H3/t17-,20-,23-/m0/s1. The second-order valence-corrected chi connectivity index (χ2v) is 9.31. The molecule has 5 heteroatoms. The number of imide groups is 1. The van der Waals surface area contributed by atoms with Crippen LogP contribution in [-0.4, -0.2) is 23.9 Å². The van der Waals surface area contributed by atoms with Gasteiger partial charge in [0.15, 0.2) is 0 Å². The minimum Gasteiger partial charge on any atom is -0.458 e. The minimum absolute atomic E-state index is 0.120. The third kappa shape index (κ3) is 4.01. The van der Waals surface area contributed by atoms with Gasteiger partial charge in [0.1, 0.15) is 6.10 Å². The van der Waals surface area contributed by atoms with E-state index < -0.39 is 11.9 Å². The van der Waals surface area contributed by atoms with Crippen LogP contribution in [0.1, 0.15) is 76.7 Å². The van der Waals surface area contributed by atoms with Crippen LogP contribution < -0.4 is 4.90 Å². The molecule has 3 atom stereocenters. The van der Waals surface area contributed by atoms with Gasteiger partial charge in [-0.15, -0.1) is 0 Å². The molecule has 2 aromatic carbocycles. The molecule has 162 valence electrons. The van der Waals surface area contributed by atoms with Crippen LogP contribution in [0.15, 0.2) is 42.5 Å². The SMILES string of the molecule is Cc1ccc(N2C(=O)c3ccc(C(=O)O[C@H]4C[C@@H](C)CC[C@H]4C(C)C)cc3C2=O)cc1. The van der Waals surface area contributed by atoms with Gasteiger partial charge in [0.2, 0.25) is 0 Å². The van der Waals surface area contributed by atoms with E-state index in [0.29, 0.717) is 34.6 Å². The van der Waals surface area contributed by atoms with Gasteiger partial charge < -0.3 is 4.74 Å². The topological polar surface area (TPSA) is 63.7 Å². The summed E-state index contributed by atoms with van der Waals surface area (Å²) < 4.78 is 5.92. The summed E-state index contributed by atoms with van der Waals surface area (Å²) in [6, 6.07) is 11.9. The van der Waals surface area contributed by atoms with Crippen LogP contribution in [0.5, 0.6) is 0 Å². The summed E-state index contributed by atoms with van der Waals surface area (Å²) in [6.07, 6.45) is 2.95. The molecule has 1 heterocycles. The maximum Gasteiger partial charge on any atom is 0.338 e. The van der Waals surface area contributed by atoms with Crippen molar-refractivity contribution in [1.82, 2.24) is 0 Å². The molecule has 4 rings (SSSR count). The van der Waals surface area contributed by atoms with Crippen molar-refractivity contribution < 1.29 is 19.1 Å². The molecule has 0 spiro atoms. The molecule has 1 aliphatic carbocycles. The number of fused-ring (bicyclic) bond motifs is 1. The van der Waals surface area contributed by atoms with E-state index in [0.717, 1.165) is 29.7 Å². The van der Waals surface area contributed by atoms with Crippen LogP contribution in [0.3, 0.4) is 0 Å². The highest BCUT2D eigenvalue weighted by Gasteiger charge is 2.38. The number of carbonyl (C=O) groups is 3. The Labute approximate surface area is 183 Å². The van der Waals surface area contributed by atoms with E-state index in [2.05, 4.69) is 20.8 Å². The molecular formula is C26H29NO4. The third-order valence-electron chi connectivity index (χ3n) is 6.63. The van der Waals surface area contributed by atoms with Crippen molar-refractivity contribution in [2.45, 2.75) is 53.1 Å². The lowest BCUT2D eigenvalue weighted by molar-refractivity contribution is -0.0174. The van der Waals surface area contributed by atoms with E-state index in [1.807, 2.05) is 19.1 Å². The smallest absolute Gasteiger partial charge is 0.338 e. The molecule has 0 radical (unpaired) electrons. The zero-order chi connectivity index (χ0) is 22.3. The van der Waals surface area contributed by atoms with Gasteiger partial charge in [-0.05, 0) is 67.9 Å². The molecule has 0 aromatic heterocycles. The molecule has 31 heavy (non-hydrogen) atoms. The number of hydrogen-bond acceptors (Lipinski definition) is 4. The first-order chi connectivity index (χ1) is 14.8. The van der Waals surface area contributed by atoms with E-state index in [9.17, 15) is 14.4 Å². The largest absolute Gasteiger partial charge is 0.458 e. The number of rotatable bonds is 4. The number of carbonyl (C=O) groups excluding carboxylic acids is 3. The fourth-order valence-electron chi connectivity index (χ4n) is 4.75. The highest BCUT2D eigenvalue weighted by molar-refractivity contribution is 6.34. The summed E-state index contributed by atoms with van der Waals surface area (Å²) in [4.78, 5) is 39.9. The van der Waals surface area contributed by atoms with E-state index in [4.69, 9.17) is 4.74 Å². The number of aryl methyl sites for hydroxylation is 1. The Morgan fingerprint density at radius 3 is 2.35 bits per heavy atom. The number of nitrogens with zero attached hydrogens (tertiary/aromatic N) is 1. The molecule has 5 nitrogen and oxygen atoms in total. The summed E-state index contributed by atoms with van der Waals surface area (Å²) in [7, 11) is 0. The lowest BCUT2D eigenvalue weighted by Gasteiger charge is -2.36. The molecule has 0 N–H and O–H groups in total. The predicted molar refractivity (Wildman–Crippen MR) is 119 cm³/mol. The van der Waals surface area contributed by atoms with Gasteiger partial charge in [-0.2, -0.15) is 0 Å². The Morgan fingerprint density at radius 2 is 1.68 bits per heavy atom. The first kappa shape index (κ1) is 21.3. The number of benzene rings is 2. The van der Waals surface area contributed by atoms with Crippen LogP contribution in [0.2, 0.25) is 0 Å². The zero-order valence-corrected chi connectivity index (χ0v) is 18.6. The molecule has 2 aliphatic rings. The average molecular weight is 420 g/mol. The molecule has 0 bridgehead atoms. The molecule has 1 fully saturated rings. The van der Waals surface area contributed by atoms with E-state index in [1.165, 1.54) is 6.07 Å². The minimum atomic E-state index is -0.429. The van der Waals surface area contributed by atoms with Gasteiger partial charge in [0.05, 0.1) is 22.4 Å². The molecule has 1 saturated carbocycles. The monoisotopic (exact) mass is 419 g/mol. The van der Waals surface area contributed by atoms with Crippen molar-refractivity contribution in [2.24, 2.45) is 17.8 Å². The molecule has 0 saturated heterocycles. The lowest BCUT2D eigenvalue weighted by Crippen LogP contribution is -2.35. The van der Waals surface area contributed by atoms with Gasteiger partial charge >= 0.3 is 5.97 Å². The molecular weight excluding hydrogens is 390 g/mol. The Kier molecular flexibility index (Phi) is 5.69. The molecule has 0 unspecified atom stereocenters. The highest BCUT2D eigenvalue weighted by Crippen LogP contribution is 2.36. The van der Waals surface area contributed by atoms with Gasteiger partial charge in [0, 0.05) is 0 Å². The maximum absolute atomic E-state index is 13.0. The summed E-state index contributed by atoms with van der Waals surface area (Å²) in [6.45, 7) is 8.47. The summed E-state index contributed by atoms with van der Waals surface area (Å²) in [5, 5.41) is 0. The fourth-order valence-corrected chi connectivity index (χ4v) is 4.75. The van der Waals surface area contributed by atoms with Crippen LogP contribution in [0, 0.1) is 24.7 Å². The number of amides is 2. The van der Waals surface area contributed by atoms with Crippen molar-refractivity contribution >= 4 is 23.5 Å². The Hall–Kier alpha value is -2.95. The molecule has 1 aliphatic heterocycles. The Morgan fingerprint density at radius 1 is 1.00 bits per heavy atom.